The lowest BCUT2D eigenvalue weighted by atomic mass is 10.1. The summed E-state index contributed by atoms with van der Waals surface area (Å²) in [6.07, 6.45) is 3.50. The molecule has 0 radical (unpaired) electrons. The second kappa shape index (κ2) is 4.86. The number of nitro groups is 1. The summed E-state index contributed by atoms with van der Waals surface area (Å²) in [4.78, 5) is 14.7. The molecule has 21 heavy (non-hydrogen) atoms. The summed E-state index contributed by atoms with van der Waals surface area (Å²) >= 11 is 0. The highest BCUT2D eigenvalue weighted by molar-refractivity contribution is 5.84. The second-order valence-electron chi connectivity index (χ2n) is 4.75. The normalized spacial score (nSPS) is 10.9. The Morgan fingerprint density at radius 2 is 2.10 bits per heavy atom. The molecule has 0 fully saturated rings. The predicted molar refractivity (Wildman–Crippen MR) is 78.9 cm³/mol. The highest BCUT2D eigenvalue weighted by atomic mass is 16.6. The van der Waals surface area contributed by atoms with Crippen molar-refractivity contribution >= 4 is 22.3 Å². The van der Waals surface area contributed by atoms with Crippen molar-refractivity contribution in [3.05, 3.63) is 58.0 Å². The van der Waals surface area contributed by atoms with E-state index in [1.807, 2.05) is 24.3 Å². The molecule has 0 amide bonds. The summed E-state index contributed by atoms with van der Waals surface area (Å²) in [6, 6.07) is 7.82. The minimum Gasteiger partial charge on any atom is -0.378 e. The number of aromatic nitrogens is 3. The summed E-state index contributed by atoms with van der Waals surface area (Å²) in [7, 11) is 0. The van der Waals surface area contributed by atoms with Gasteiger partial charge in [0.2, 0.25) is 5.82 Å². The molecule has 7 nitrogen and oxygen atoms in total. The first-order chi connectivity index (χ1) is 10.1. The Kier molecular flexibility index (Phi) is 3.02. The van der Waals surface area contributed by atoms with Crippen LogP contribution in [-0.2, 0) is 6.54 Å². The molecule has 0 unspecified atom stereocenters. The van der Waals surface area contributed by atoms with Crippen LogP contribution < -0.4 is 5.73 Å². The number of pyridine rings is 1. The van der Waals surface area contributed by atoms with E-state index in [-0.39, 0.29) is 11.5 Å². The Hall–Kier alpha value is -2.96. The Balaban J connectivity index is 2.07. The Morgan fingerprint density at radius 1 is 1.33 bits per heavy atom. The molecule has 0 saturated carbocycles. The predicted octanol–water partition coefficient (Wildman–Crippen LogP) is 2.28. The lowest BCUT2D eigenvalue weighted by Crippen LogP contribution is -2.07. The van der Waals surface area contributed by atoms with Crippen molar-refractivity contribution in [1.82, 2.24) is 14.8 Å². The van der Waals surface area contributed by atoms with Crippen LogP contribution in [0.4, 0.5) is 11.5 Å². The van der Waals surface area contributed by atoms with E-state index in [1.165, 1.54) is 4.68 Å². The van der Waals surface area contributed by atoms with E-state index >= 15 is 0 Å². The molecule has 0 aliphatic heterocycles. The van der Waals surface area contributed by atoms with Gasteiger partial charge in [0.25, 0.3) is 0 Å². The zero-order valence-electron chi connectivity index (χ0n) is 11.4. The molecule has 1 aromatic carbocycles. The molecule has 2 N–H and O–H groups in total. The summed E-state index contributed by atoms with van der Waals surface area (Å²) in [5.74, 6) is 0.0606. The van der Waals surface area contributed by atoms with Gasteiger partial charge in [-0.15, -0.1) is 0 Å². The van der Waals surface area contributed by atoms with Gasteiger partial charge < -0.3 is 5.73 Å². The van der Waals surface area contributed by atoms with Gasteiger partial charge in [0.05, 0.1) is 11.5 Å². The van der Waals surface area contributed by atoms with Gasteiger partial charge in [0.15, 0.2) is 0 Å². The minimum absolute atomic E-state index is 0.0606. The molecule has 3 rings (SSSR count). The SMILES string of the molecule is Cc1nn(Cc2cncc3ccccc23)c(N)c1[N+](=O)[O-]. The van der Waals surface area contributed by atoms with E-state index in [2.05, 4.69) is 10.1 Å². The van der Waals surface area contributed by atoms with Crippen LogP contribution in [0.2, 0.25) is 0 Å². The summed E-state index contributed by atoms with van der Waals surface area (Å²) < 4.78 is 1.44. The quantitative estimate of drug-likeness (QED) is 0.587. The van der Waals surface area contributed by atoms with Gasteiger partial charge in [-0.05, 0) is 17.9 Å². The largest absolute Gasteiger partial charge is 0.378 e. The van der Waals surface area contributed by atoms with Gasteiger partial charge in [-0.3, -0.25) is 15.1 Å². The van der Waals surface area contributed by atoms with E-state index in [4.69, 9.17) is 5.73 Å². The van der Waals surface area contributed by atoms with Crippen molar-refractivity contribution in [2.45, 2.75) is 13.5 Å². The molecule has 0 saturated heterocycles. The van der Waals surface area contributed by atoms with Gasteiger partial charge >= 0.3 is 5.69 Å². The number of nitrogen functional groups attached to an aromatic ring is 1. The van der Waals surface area contributed by atoms with E-state index in [0.29, 0.717) is 12.2 Å². The fourth-order valence-corrected chi connectivity index (χ4v) is 2.40. The van der Waals surface area contributed by atoms with Crippen LogP contribution in [0.5, 0.6) is 0 Å². The topological polar surface area (TPSA) is 99.9 Å². The van der Waals surface area contributed by atoms with Gasteiger partial charge in [-0.25, -0.2) is 4.68 Å². The third kappa shape index (κ3) is 2.18. The van der Waals surface area contributed by atoms with Gasteiger partial charge in [0, 0.05) is 17.8 Å². The number of hydrogen-bond donors (Lipinski definition) is 1. The first-order valence-corrected chi connectivity index (χ1v) is 6.37. The zero-order chi connectivity index (χ0) is 15.0. The molecule has 106 valence electrons. The number of fused-ring (bicyclic) bond motifs is 1. The van der Waals surface area contributed by atoms with Crippen molar-refractivity contribution in [2.75, 3.05) is 5.73 Å². The number of benzene rings is 1. The van der Waals surface area contributed by atoms with Crippen LogP contribution in [0.25, 0.3) is 10.8 Å². The van der Waals surface area contributed by atoms with E-state index in [9.17, 15) is 10.1 Å². The summed E-state index contributed by atoms with van der Waals surface area (Å²) in [5, 5.41) is 17.2. The standard InChI is InChI=1S/C14H13N5O2/c1-9-13(19(20)21)14(15)18(17-9)8-11-7-16-6-10-4-2-3-5-12(10)11/h2-7H,8,15H2,1H3. The molecule has 0 spiro atoms. The van der Waals surface area contributed by atoms with Gasteiger partial charge in [-0.1, -0.05) is 24.3 Å². The Labute approximate surface area is 120 Å². The van der Waals surface area contributed by atoms with Crippen molar-refractivity contribution in [1.29, 1.82) is 0 Å². The average Bonchev–Trinajstić information content (AvgIpc) is 2.74. The smallest absolute Gasteiger partial charge is 0.333 e. The third-order valence-electron chi connectivity index (χ3n) is 3.39. The highest BCUT2D eigenvalue weighted by Gasteiger charge is 2.23. The van der Waals surface area contributed by atoms with Crippen LogP contribution in [0.15, 0.2) is 36.7 Å². The van der Waals surface area contributed by atoms with E-state index in [1.54, 1.807) is 19.3 Å². The minimum atomic E-state index is -0.504. The summed E-state index contributed by atoms with van der Waals surface area (Å²) in [6.45, 7) is 1.92. The number of hydrogen-bond acceptors (Lipinski definition) is 5. The average molecular weight is 283 g/mol. The Bertz CT molecular complexity index is 835. The van der Waals surface area contributed by atoms with E-state index < -0.39 is 4.92 Å². The lowest BCUT2D eigenvalue weighted by molar-refractivity contribution is -0.384. The van der Waals surface area contributed by atoms with Crippen molar-refractivity contribution in [2.24, 2.45) is 0 Å². The maximum Gasteiger partial charge on any atom is 0.333 e. The third-order valence-corrected chi connectivity index (χ3v) is 3.39. The van der Waals surface area contributed by atoms with Crippen molar-refractivity contribution in [3.8, 4) is 0 Å². The van der Waals surface area contributed by atoms with Crippen molar-refractivity contribution in [3.63, 3.8) is 0 Å². The van der Waals surface area contributed by atoms with Crippen molar-refractivity contribution < 1.29 is 4.92 Å². The second-order valence-corrected chi connectivity index (χ2v) is 4.75. The maximum atomic E-state index is 11.0. The molecule has 0 bridgehead atoms. The Morgan fingerprint density at radius 3 is 2.81 bits per heavy atom. The molecular weight excluding hydrogens is 270 g/mol. The number of aryl methyl sites for hydroxylation is 1. The molecule has 2 aromatic heterocycles. The first-order valence-electron chi connectivity index (χ1n) is 6.37. The van der Waals surface area contributed by atoms with Crippen LogP contribution in [0.1, 0.15) is 11.3 Å². The molecule has 0 aliphatic rings. The van der Waals surface area contributed by atoms with Crippen LogP contribution in [0.3, 0.4) is 0 Å². The zero-order valence-corrected chi connectivity index (χ0v) is 11.4. The first kappa shape index (κ1) is 13.0. The number of nitrogens with two attached hydrogens (primary N) is 1. The molecule has 0 aliphatic carbocycles. The monoisotopic (exact) mass is 283 g/mol. The lowest BCUT2D eigenvalue weighted by Gasteiger charge is -2.07. The molecule has 2 heterocycles. The summed E-state index contributed by atoms with van der Waals surface area (Å²) in [5.41, 5.74) is 6.92. The number of rotatable bonds is 3. The fourth-order valence-electron chi connectivity index (χ4n) is 2.40. The van der Waals surface area contributed by atoms with Crippen LogP contribution >= 0.6 is 0 Å². The van der Waals surface area contributed by atoms with Gasteiger partial charge in [0.1, 0.15) is 5.69 Å². The molecule has 0 atom stereocenters. The molecule has 3 aromatic rings. The number of nitrogens with zero attached hydrogens (tertiary/aromatic N) is 4. The van der Waals surface area contributed by atoms with Crippen LogP contribution in [-0.4, -0.2) is 19.7 Å². The molecule has 7 heteroatoms. The van der Waals surface area contributed by atoms with Crippen LogP contribution in [0, 0.1) is 17.0 Å². The van der Waals surface area contributed by atoms with Gasteiger partial charge in [-0.2, -0.15) is 5.10 Å². The highest BCUT2D eigenvalue weighted by Crippen LogP contribution is 2.26. The number of anilines is 1. The molecular formula is C14H13N5O2. The van der Waals surface area contributed by atoms with E-state index in [0.717, 1.165) is 16.3 Å². The fraction of sp³-hybridized carbons (Fsp3) is 0.143. The maximum absolute atomic E-state index is 11.0.